The Morgan fingerprint density at radius 1 is 1.31 bits per heavy atom. The first-order valence-corrected chi connectivity index (χ1v) is 6.31. The lowest BCUT2D eigenvalue weighted by Gasteiger charge is -2.35. The Balaban J connectivity index is 1.65. The first kappa shape index (κ1) is 10.3. The van der Waals surface area contributed by atoms with Crippen molar-refractivity contribution in [3.63, 3.8) is 0 Å². The molecule has 2 nitrogen and oxygen atoms in total. The van der Waals surface area contributed by atoms with Crippen LogP contribution >= 0.6 is 0 Å². The molecule has 1 fully saturated rings. The molecule has 1 unspecified atom stereocenters. The number of benzene rings is 1. The molecule has 16 heavy (non-hydrogen) atoms. The second kappa shape index (κ2) is 4.19. The van der Waals surface area contributed by atoms with E-state index in [2.05, 4.69) is 29.2 Å². The monoisotopic (exact) mass is 217 g/mol. The summed E-state index contributed by atoms with van der Waals surface area (Å²) in [6, 6.07) is 9.18. The van der Waals surface area contributed by atoms with Crippen LogP contribution in [-0.2, 0) is 6.42 Å². The molecule has 3 rings (SSSR count). The first-order chi connectivity index (χ1) is 7.88. The number of nitrogens with zero attached hydrogens (tertiary/aromatic N) is 1. The van der Waals surface area contributed by atoms with Crippen molar-refractivity contribution in [1.29, 1.82) is 0 Å². The average molecular weight is 217 g/mol. The van der Waals surface area contributed by atoms with Gasteiger partial charge in [0, 0.05) is 18.5 Å². The Bertz CT molecular complexity index is 377. The molecule has 1 saturated heterocycles. The summed E-state index contributed by atoms with van der Waals surface area (Å²) in [5.41, 5.74) is 3.05. The third-order valence-corrected chi connectivity index (χ3v) is 4.13. The van der Waals surface area contributed by atoms with Gasteiger partial charge in [0.05, 0.1) is 6.61 Å². The van der Waals surface area contributed by atoms with E-state index in [1.165, 1.54) is 36.9 Å². The van der Waals surface area contributed by atoms with Crippen LogP contribution in [-0.4, -0.2) is 35.7 Å². The summed E-state index contributed by atoms with van der Waals surface area (Å²) < 4.78 is 0. The Hall–Kier alpha value is -0.860. The molecule has 0 spiro atoms. The van der Waals surface area contributed by atoms with Gasteiger partial charge in [-0.15, -0.1) is 0 Å². The minimum absolute atomic E-state index is 0.328. The van der Waals surface area contributed by atoms with Gasteiger partial charge in [-0.2, -0.15) is 0 Å². The summed E-state index contributed by atoms with van der Waals surface area (Å²) in [6.45, 7) is 2.64. The fraction of sp³-hybridized carbons (Fsp3) is 0.571. The van der Waals surface area contributed by atoms with E-state index in [9.17, 15) is 5.11 Å². The SMILES string of the molecule is OC[C@H]1CCCN1CC1Cc2ccccc21. The van der Waals surface area contributed by atoms with Crippen molar-refractivity contribution >= 4 is 0 Å². The minimum atomic E-state index is 0.328. The van der Waals surface area contributed by atoms with Crippen molar-refractivity contribution in [2.24, 2.45) is 0 Å². The predicted octanol–water partition coefficient (Wildman–Crippen LogP) is 1.78. The van der Waals surface area contributed by atoms with Crippen molar-refractivity contribution < 1.29 is 5.11 Å². The normalized spacial score (nSPS) is 28.8. The molecule has 1 aromatic carbocycles. The largest absolute Gasteiger partial charge is 0.395 e. The molecule has 2 heteroatoms. The van der Waals surface area contributed by atoms with Crippen LogP contribution in [0, 0.1) is 0 Å². The number of likely N-dealkylation sites (tertiary alicyclic amines) is 1. The van der Waals surface area contributed by atoms with Crippen LogP contribution in [0.5, 0.6) is 0 Å². The molecule has 0 radical (unpaired) electrons. The molecule has 0 bridgehead atoms. The predicted molar refractivity (Wildman–Crippen MR) is 64.6 cm³/mol. The van der Waals surface area contributed by atoms with E-state index < -0.39 is 0 Å². The zero-order chi connectivity index (χ0) is 11.0. The van der Waals surface area contributed by atoms with Crippen LogP contribution in [0.3, 0.4) is 0 Å². The van der Waals surface area contributed by atoms with Crippen LogP contribution in [0.15, 0.2) is 24.3 Å². The van der Waals surface area contributed by atoms with Crippen LogP contribution in [0.1, 0.15) is 29.9 Å². The van der Waals surface area contributed by atoms with E-state index in [-0.39, 0.29) is 0 Å². The quantitative estimate of drug-likeness (QED) is 0.834. The topological polar surface area (TPSA) is 23.5 Å². The summed E-state index contributed by atoms with van der Waals surface area (Å²) in [7, 11) is 0. The second-order valence-corrected chi connectivity index (χ2v) is 5.07. The number of fused-ring (bicyclic) bond motifs is 1. The number of aliphatic hydroxyl groups excluding tert-OH is 1. The third-order valence-electron chi connectivity index (χ3n) is 4.13. The molecule has 0 amide bonds. The highest BCUT2D eigenvalue weighted by molar-refractivity contribution is 5.40. The second-order valence-electron chi connectivity index (χ2n) is 5.07. The number of hydrogen-bond acceptors (Lipinski definition) is 2. The zero-order valence-corrected chi connectivity index (χ0v) is 9.60. The summed E-state index contributed by atoms with van der Waals surface area (Å²) >= 11 is 0. The maximum absolute atomic E-state index is 9.29. The number of rotatable bonds is 3. The Morgan fingerprint density at radius 2 is 2.19 bits per heavy atom. The molecule has 1 N–H and O–H groups in total. The molecule has 1 aliphatic heterocycles. The molecule has 2 atom stereocenters. The van der Waals surface area contributed by atoms with Crippen molar-refractivity contribution in [1.82, 2.24) is 4.90 Å². The average Bonchev–Trinajstić information content (AvgIpc) is 2.73. The fourth-order valence-electron chi connectivity index (χ4n) is 3.15. The zero-order valence-electron chi connectivity index (χ0n) is 9.60. The maximum Gasteiger partial charge on any atom is 0.0586 e. The molecular weight excluding hydrogens is 198 g/mol. The summed E-state index contributed by atoms with van der Waals surface area (Å²) in [5.74, 6) is 0.711. The van der Waals surface area contributed by atoms with Gasteiger partial charge in [0.1, 0.15) is 0 Å². The van der Waals surface area contributed by atoms with Crippen LogP contribution in [0.4, 0.5) is 0 Å². The highest BCUT2D eigenvalue weighted by Crippen LogP contribution is 2.36. The van der Waals surface area contributed by atoms with Gasteiger partial charge in [0.2, 0.25) is 0 Å². The van der Waals surface area contributed by atoms with E-state index >= 15 is 0 Å². The van der Waals surface area contributed by atoms with Gasteiger partial charge < -0.3 is 5.11 Å². The Labute approximate surface area is 96.9 Å². The molecular formula is C14H19NO. The lowest BCUT2D eigenvalue weighted by molar-refractivity contribution is 0.149. The highest BCUT2D eigenvalue weighted by Gasteiger charge is 2.31. The van der Waals surface area contributed by atoms with Crippen molar-refractivity contribution in [2.75, 3.05) is 19.7 Å². The summed E-state index contributed by atoms with van der Waals surface area (Å²) in [4.78, 5) is 2.47. The van der Waals surface area contributed by atoms with Crippen LogP contribution in [0.25, 0.3) is 0 Å². The third kappa shape index (κ3) is 1.66. The minimum Gasteiger partial charge on any atom is -0.395 e. The molecule has 0 saturated carbocycles. The van der Waals surface area contributed by atoms with Crippen LogP contribution in [0.2, 0.25) is 0 Å². The van der Waals surface area contributed by atoms with Gasteiger partial charge in [-0.3, -0.25) is 4.90 Å². The van der Waals surface area contributed by atoms with Gasteiger partial charge in [0.25, 0.3) is 0 Å². The van der Waals surface area contributed by atoms with Crippen molar-refractivity contribution in [3.8, 4) is 0 Å². The van der Waals surface area contributed by atoms with E-state index in [4.69, 9.17) is 0 Å². The first-order valence-electron chi connectivity index (χ1n) is 6.31. The molecule has 2 aliphatic rings. The lowest BCUT2D eigenvalue weighted by atomic mass is 9.77. The Morgan fingerprint density at radius 3 is 3.00 bits per heavy atom. The maximum atomic E-state index is 9.29. The summed E-state index contributed by atoms with van der Waals surface area (Å²) in [6.07, 6.45) is 3.65. The molecule has 1 aliphatic carbocycles. The fourth-order valence-corrected chi connectivity index (χ4v) is 3.15. The van der Waals surface area contributed by atoms with E-state index in [0.717, 1.165) is 6.54 Å². The van der Waals surface area contributed by atoms with Gasteiger partial charge >= 0.3 is 0 Å². The van der Waals surface area contributed by atoms with Gasteiger partial charge in [-0.05, 0) is 36.9 Å². The standard InChI is InChI=1S/C14H19NO/c16-10-13-5-3-7-15(13)9-12-8-11-4-1-2-6-14(11)12/h1-2,4,6,12-13,16H,3,5,7-10H2/t12?,13-/m1/s1. The molecule has 1 aromatic rings. The van der Waals surface area contributed by atoms with Gasteiger partial charge in [-0.1, -0.05) is 24.3 Å². The number of aliphatic hydroxyl groups is 1. The molecule has 86 valence electrons. The van der Waals surface area contributed by atoms with Gasteiger partial charge in [-0.25, -0.2) is 0 Å². The van der Waals surface area contributed by atoms with E-state index in [1.54, 1.807) is 0 Å². The molecule has 1 heterocycles. The highest BCUT2D eigenvalue weighted by atomic mass is 16.3. The smallest absolute Gasteiger partial charge is 0.0586 e. The number of hydrogen-bond donors (Lipinski definition) is 1. The molecule has 0 aromatic heterocycles. The Kier molecular flexibility index (Phi) is 2.70. The lowest BCUT2D eigenvalue weighted by Crippen LogP contribution is -2.38. The summed E-state index contributed by atoms with van der Waals surface area (Å²) in [5, 5.41) is 9.29. The van der Waals surface area contributed by atoms with E-state index in [1.807, 2.05) is 0 Å². The van der Waals surface area contributed by atoms with E-state index in [0.29, 0.717) is 18.6 Å². The van der Waals surface area contributed by atoms with Crippen LogP contribution < -0.4 is 0 Å². The van der Waals surface area contributed by atoms with Gasteiger partial charge in [0.15, 0.2) is 0 Å². The van der Waals surface area contributed by atoms with Crippen molar-refractivity contribution in [3.05, 3.63) is 35.4 Å². The van der Waals surface area contributed by atoms with Crippen molar-refractivity contribution in [2.45, 2.75) is 31.2 Å².